The van der Waals surface area contributed by atoms with Gasteiger partial charge in [-0.1, -0.05) is 139 Å². The van der Waals surface area contributed by atoms with Gasteiger partial charge in [-0.05, 0) is 99.0 Å². The zero-order chi connectivity index (χ0) is 35.4. The number of fused-ring (bicyclic) bond motifs is 4. The molecule has 51 heavy (non-hydrogen) atoms. The van der Waals surface area contributed by atoms with E-state index < -0.39 is 0 Å². The van der Waals surface area contributed by atoms with Gasteiger partial charge in [-0.15, -0.1) is 0 Å². The van der Waals surface area contributed by atoms with Gasteiger partial charge in [0.2, 0.25) is 0 Å². The van der Waals surface area contributed by atoms with E-state index in [-0.39, 0.29) is 17.3 Å². The van der Waals surface area contributed by atoms with Crippen LogP contribution in [0.4, 0.5) is 0 Å². The molecule has 2 heterocycles. The van der Waals surface area contributed by atoms with Crippen LogP contribution in [0.1, 0.15) is 77.0 Å². The van der Waals surface area contributed by atoms with Gasteiger partial charge in [0.05, 0.1) is 22.3 Å². The number of rotatable bonds is 7. The van der Waals surface area contributed by atoms with Crippen LogP contribution < -0.4 is 0 Å². The fraction of sp³-hybridized carbons (Fsp3) is 0.229. The molecule has 3 heteroatoms. The number of benzene rings is 6. The smallest absolute Gasteiger partial charge is 0.149 e. The lowest BCUT2D eigenvalue weighted by Crippen LogP contribution is -2.10. The van der Waals surface area contributed by atoms with Gasteiger partial charge in [-0.25, -0.2) is 4.98 Å². The molecule has 0 saturated carbocycles. The van der Waals surface area contributed by atoms with Crippen molar-refractivity contribution in [1.29, 1.82) is 0 Å². The van der Waals surface area contributed by atoms with Crippen LogP contribution in [0.3, 0.4) is 0 Å². The lowest BCUT2D eigenvalue weighted by Gasteiger charge is -2.24. The second-order valence-corrected chi connectivity index (χ2v) is 15.9. The first kappa shape index (κ1) is 32.8. The van der Waals surface area contributed by atoms with Crippen molar-refractivity contribution in [2.24, 2.45) is 5.41 Å². The van der Waals surface area contributed by atoms with Crippen LogP contribution in [-0.4, -0.2) is 9.55 Å². The first-order valence-electron chi connectivity index (χ1n) is 18.3. The molecule has 3 nitrogen and oxygen atoms in total. The van der Waals surface area contributed by atoms with Gasteiger partial charge in [0, 0.05) is 10.8 Å². The fourth-order valence-electron chi connectivity index (χ4n) is 7.65. The molecular weight excluding hydrogens is 621 g/mol. The lowest BCUT2D eigenvalue weighted by molar-refractivity contribution is 0.411. The summed E-state index contributed by atoms with van der Waals surface area (Å²) in [6.07, 6.45) is 0.983. The highest BCUT2D eigenvalue weighted by molar-refractivity contribution is 6.09. The summed E-state index contributed by atoms with van der Waals surface area (Å²) in [7, 11) is 0. The van der Waals surface area contributed by atoms with E-state index >= 15 is 0 Å². The molecular formula is C48H46N2O. The molecule has 0 N–H and O–H groups in total. The average molecular weight is 667 g/mol. The SMILES string of the molecule is CC(C)c1cc(-c2ccc(-c3ccccc3)cc2)cc(C(C)C)c1-n1c(-c2cccc3c2oc2ccccc23)nc2cc(CC(C)(C)C)ccc21. The van der Waals surface area contributed by atoms with E-state index in [1.807, 2.05) is 6.07 Å². The molecule has 0 radical (unpaired) electrons. The number of nitrogens with zero attached hydrogens (tertiary/aromatic N) is 2. The fourth-order valence-corrected chi connectivity index (χ4v) is 7.65. The van der Waals surface area contributed by atoms with Crippen molar-refractivity contribution in [2.45, 2.75) is 66.7 Å². The van der Waals surface area contributed by atoms with E-state index in [0.29, 0.717) is 0 Å². The predicted molar refractivity (Wildman–Crippen MR) is 216 cm³/mol. The van der Waals surface area contributed by atoms with Crippen LogP contribution in [0, 0.1) is 5.41 Å². The van der Waals surface area contributed by atoms with Crippen molar-refractivity contribution in [3.05, 3.63) is 144 Å². The first-order chi connectivity index (χ1) is 24.6. The number of hydrogen-bond donors (Lipinski definition) is 0. The van der Waals surface area contributed by atoms with Gasteiger partial charge < -0.3 is 4.42 Å². The Balaban J connectivity index is 1.39. The highest BCUT2D eigenvalue weighted by atomic mass is 16.3. The molecule has 0 aliphatic rings. The van der Waals surface area contributed by atoms with E-state index in [9.17, 15) is 0 Å². The maximum absolute atomic E-state index is 6.64. The van der Waals surface area contributed by atoms with Crippen molar-refractivity contribution in [1.82, 2.24) is 9.55 Å². The Morgan fingerprint density at radius 2 is 1.22 bits per heavy atom. The Bertz CT molecular complexity index is 2490. The molecule has 0 amide bonds. The zero-order valence-corrected chi connectivity index (χ0v) is 30.8. The van der Waals surface area contributed by atoms with Crippen molar-refractivity contribution >= 4 is 33.0 Å². The summed E-state index contributed by atoms with van der Waals surface area (Å²) in [5.74, 6) is 1.45. The van der Waals surface area contributed by atoms with Crippen molar-refractivity contribution < 1.29 is 4.42 Å². The Hall–Kier alpha value is -5.41. The Labute approximate surface area is 301 Å². The van der Waals surface area contributed by atoms with Crippen LogP contribution in [0.2, 0.25) is 0 Å². The molecule has 0 saturated heterocycles. The van der Waals surface area contributed by atoms with Crippen LogP contribution >= 0.6 is 0 Å². The summed E-state index contributed by atoms with van der Waals surface area (Å²) in [6.45, 7) is 16.1. The minimum absolute atomic E-state index is 0.170. The first-order valence-corrected chi connectivity index (χ1v) is 18.3. The van der Waals surface area contributed by atoms with Gasteiger partial charge in [0.15, 0.2) is 0 Å². The van der Waals surface area contributed by atoms with E-state index in [0.717, 1.165) is 50.8 Å². The summed E-state index contributed by atoms with van der Waals surface area (Å²) >= 11 is 0. The van der Waals surface area contributed by atoms with Crippen LogP contribution in [0.25, 0.3) is 72.3 Å². The number of furan rings is 1. The van der Waals surface area contributed by atoms with Gasteiger partial charge in [-0.2, -0.15) is 0 Å². The van der Waals surface area contributed by atoms with Crippen LogP contribution in [0.15, 0.2) is 132 Å². The molecule has 254 valence electrons. The Kier molecular flexibility index (Phi) is 8.18. The maximum atomic E-state index is 6.64. The monoisotopic (exact) mass is 666 g/mol. The summed E-state index contributed by atoms with van der Waals surface area (Å²) in [4.78, 5) is 5.49. The third kappa shape index (κ3) is 6.05. The van der Waals surface area contributed by atoms with E-state index in [1.54, 1.807) is 0 Å². The number of imidazole rings is 1. The van der Waals surface area contributed by atoms with E-state index in [4.69, 9.17) is 9.40 Å². The normalized spacial score (nSPS) is 12.3. The molecule has 8 rings (SSSR count). The topological polar surface area (TPSA) is 31.0 Å². The molecule has 2 aromatic heterocycles. The predicted octanol–water partition coefficient (Wildman–Crippen LogP) is 13.8. The van der Waals surface area contributed by atoms with Gasteiger partial charge in [0.25, 0.3) is 0 Å². The Morgan fingerprint density at radius 3 is 1.88 bits per heavy atom. The standard InChI is InChI=1S/C48H46N2O/c1-30(2)40-27-36(35-23-21-34(22-24-35)33-14-9-8-10-15-33)28-41(31(3)4)45(40)50-43-25-20-32(29-48(5,6)7)26-42(43)49-47(50)39-18-13-17-38-37-16-11-12-19-44(37)51-46(38)39/h8-28,30-31H,29H2,1-7H3. The number of hydrogen-bond acceptors (Lipinski definition) is 2. The third-order valence-electron chi connectivity index (χ3n) is 10.1. The van der Waals surface area contributed by atoms with Crippen LogP contribution in [0.5, 0.6) is 0 Å². The van der Waals surface area contributed by atoms with Crippen molar-refractivity contribution in [2.75, 3.05) is 0 Å². The zero-order valence-electron chi connectivity index (χ0n) is 30.8. The second-order valence-electron chi connectivity index (χ2n) is 15.9. The lowest BCUT2D eigenvalue weighted by atomic mass is 9.87. The highest BCUT2D eigenvalue weighted by Crippen LogP contribution is 2.43. The molecule has 0 unspecified atom stereocenters. The highest BCUT2D eigenvalue weighted by Gasteiger charge is 2.26. The quantitative estimate of drug-likeness (QED) is 0.169. The largest absolute Gasteiger partial charge is 0.455 e. The van der Waals surface area contributed by atoms with E-state index in [2.05, 4.69) is 174 Å². The summed E-state index contributed by atoms with van der Waals surface area (Å²) < 4.78 is 9.07. The van der Waals surface area contributed by atoms with Gasteiger partial charge in [0.1, 0.15) is 17.0 Å². The maximum Gasteiger partial charge on any atom is 0.149 e. The minimum Gasteiger partial charge on any atom is -0.455 e. The minimum atomic E-state index is 0.170. The van der Waals surface area contributed by atoms with Crippen molar-refractivity contribution in [3.63, 3.8) is 0 Å². The molecule has 0 atom stereocenters. The number of aromatic nitrogens is 2. The molecule has 6 aromatic carbocycles. The van der Waals surface area contributed by atoms with Crippen LogP contribution in [-0.2, 0) is 6.42 Å². The summed E-state index contributed by atoms with van der Waals surface area (Å²) in [6, 6.07) is 46.1. The third-order valence-corrected chi connectivity index (χ3v) is 10.1. The summed E-state index contributed by atoms with van der Waals surface area (Å²) in [5.41, 5.74) is 15.1. The van der Waals surface area contributed by atoms with Gasteiger partial charge >= 0.3 is 0 Å². The Morgan fingerprint density at radius 1 is 0.608 bits per heavy atom. The summed E-state index contributed by atoms with van der Waals surface area (Å²) in [5, 5.41) is 2.23. The molecule has 0 aliphatic carbocycles. The molecule has 0 bridgehead atoms. The van der Waals surface area contributed by atoms with E-state index in [1.165, 1.54) is 44.6 Å². The average Bonchev–Trinajstić information content (AvgIpc) is 3.69. The van der Waals surface area contributed by atoms with Crippen molar-refractivity contribution in [3.8, 4) is 39.3 Å². The van der Waals surface area contributed by atoms with Gasteiger partial charge in [-0.3, -0.25) is 4.57 Å². The molecule has 0 spiro atoms. The number of para-hydroxylation sites is 2. The molecule has 0 aliphatic heterocycles. The molecule has 8 aromatic rings. The molecule has 0 fully saturated rings. The second kappa shape index (κ2) is 12.7.